The predicted octanol–water partition coefficient (Wildman–Crippen LogP) is 1.89. The van der Waals surface area contributed by atoms with E-state index in [4.69, 9.17) is 4.74 Å². The Hall–Kier alpha value is -3.48. The molecule has 0 atom stereocenters. The third-order valence-corrected chi connectivity index (χ3v) is 3.73. The lowest BCUT2D eigenvalue weighted by Gasteiger charge is -2.08. The Bertz CT molecular complexity index is 1010. The number of aryl methyl sites for hydroxylation is 1. The second kappa shape index (κ2) is 7.60. The second-order valence-electron chi connectivity index (χ2n) is 5.77. The van der Waals surface area contributed by atoms with E-state index in [1.165, 1.54) is 6.33 Å². The number of nitrogens with zero attached hydrogens (tertiary/aromatic N) is 2. The standard InChI is InChI=1S/C19H17N3O4/c1-13-6-8-14(9-7-13)21-17(23)11-26-18(24)10-22-12-20-16-5-3-2-4-15(16)19(22)25/h2-9,12H,10-11H2,1H3,(H,21,23). The quantitative estimate of drug-likeness (QED) is 0.709. The van der Waals surface area contributed by atoms with Crippen LogP contribution in [0, 0.1) is 6.92 Å². The third-order valence-electron chi connectivity index (χ3n) is 3.73. The molecular formula is C19H17N3O4. The van der Waals surface area contributed by atoms with Crippen molar-refractivity contribution < 1.29 is 14.3 Å². The van der Waals surface area contributed by atoms with Gasteiger partial charge in [-0.3, -0.25) is 19.0 Å². The van der Waals surface area contributed by atoms with Crippen LogP contribution in [0.2, 0.25) is 0 Å². The molecule has 3 aromatic rings. The van der Waals surface area contributed by atoms with Crippen LogP contribution in [0.4, 0.5) is 5.69 Å². The normalized spacial score (nSPS) is 10.5. The summed E-state index contributed by atoms with van der Waals surface area (Å²) >= 11 is 0. The second-order valence-corrected chi connectivity index (χ2v) is 5.77. The summed E-state index contributed by atoms with van der Waals surface area (Å²) in [6, 6.07) is 14.1. The number of nitrogens with one attached hydrogen (secondary N) is 1. The lowest BCUT2D eigenvalue weighted by molar-refractivity contribution is -0.147. The number of anilines is 1. The Labute approximate surface area is 149 Å². The number of benzene rings is 2. The molecule has 0 radical (unpaired) electrons. The van der Waals surface area contributed by atoms with Gasteiger partial charge in [0.05, 0.1) is 17.2 Å². The van der Waals surface area contributed by atoms with Crippen LogP contribution in [0.3, 0.4) is 0 Å². The molecule has 1 aromatic heterocycles. The maximum Gasteiger partial charge on any atom is 0.326 e. The van der Waals surface area contributed by atoms with E-state index in [1.807, 2.05) is 19.1 Å². The number of para-hydroxylation sites is 1. The van der Waals surface area contributed by atoms with Crippen molar-refractivity contribution in [3.05, 3.63) is 70.8 Å². The maximum absolute atomic E-state index is 12.3. The van der Waals surface area contributed by atoms with Crippen molar-refractivity contribution in [3.8, 4) is 0 Å². The molecule has 0 aliphatic heterocycles. The van der Waals surface area contributed by atoms with Gasteiger partial charge in [0.25, 0.3) is 11.5 Å². The van der Waals surface area contributed by atoms with Crippen LogP contribution in [0.5, 0.6) is 0 Å². The summed E-state index contributed by atoms with van der Waals surface area (Å²) in [5.74, 6) is -1.14. The monoisotopic (exact) mass is 351 g/mol. The minimum Gasteiger partial charge on any atom is -0.454 e. The van der Waals surface area contributed by atoms with Gasteiger partial charge in [0.2, 0.25) is 0 Å². The highest BCUT2D eigenvalue weighted by Gasteiger charge is 2.11. The van der Waals surface area contributed by atoms with Crippen molar-refractivity contribution in [3.63, 3.8) is 0 Å². The summed E-state index contributed by atoms with van der Waals surface area (Å²) < 4.78 is 6.09. The van der Waals surface area contributed by atoms with Crippen LogP contribution in [0.1, 0.15) is 5.56 Å². The fourth-order valence-corrected chi connectivity index (χ4v) is 2.38. The first-order valence-electron chi connectivity index (χ1n) is 7.99. The van der Waals surface area contributed by atoms with Crippen molar-refractivity contribution in [2.45, 2.75) is 13.5 Å². The Kier molecular flexibility index (Phi) is 5.07. The van der Waals surface area contributed by atoms with E-state index in [-0.39, 0.29) is 12.1 Å². The van der Waals surface area contributed by atoms with Crippen LogP contribution in [-0.4, -0.2) is 28.0 Å². The number of ether oxygens (including phenoxy) is 1. The molecule has 26 heavy (non-hydrogen) atoms. The Morgan fingerprint density at radius 3 is 2.62 bits per heavy atom. The molecule has 0 spiro atoms. The molecule has 0 bridgehead atoms. The van der Waals surface area contributed by atoms with Crippen molar-refractivity contribution in [1.29, 1.82) is 0 Å². The summed E-state index contributed by atoms with van der Waals surface area (Å²) in [6.07, 6.45) is 1.29. The van der Waals surface area contributed by atoms with Crippen molar-refractivity contribution >= 4 is 28.5 Å². The van der Waals surface area contributed by atoms with E-state index in [1.54, 1.807) is 36.4 Å². The Morgan fingerprint density at radius 2 is 1.85 bits per heavy atom. The molecular weight excluding hydrogens is 334 g/mol. The van der Waals surface area contributed by atoms with Crippen LogP contribution < -0.4 is 10.9 Å². The zero-order valence-electron chi connectivity index (χ0n) is 14.1. The lowest BCUT2D eigenvalue weighted by atomic mass is 10.2. The molecule has 1 heterocycles. The molecule has 0 unspecified atom stereocenters. The van der Waals surface area contributed by atoms with E-state index in [9.17, 15) is 14.4 Å². The lowest BCUT2D eigenvalue weighted by Crippen LogP contribution is -2.28. The molecule has 2 aromatic carbocycles. The van der Waals surface area contributed by atoms with Gasteiger partial charge in [0.1, 0.15) is 6.54 Å². The number of carbonyl (C=O) groups is 2. The van der Waals surface area contributed by atoms with E-state index in [2.05, 4.69) is 10.3 Å². The number of fused-ring (bicyclic) bond motifs is 1. The molecule has 3 rings (SSSR count). The first kappa shape index (κ1) is 17.3. The van der Waals surface area contributed by atoms with Gasteiger partial charge in [-0.15, -0.1) is 0 Å². The molecule has 0 aliphatic rings. The molecule has 0 aliphatic carbocycles. The number of hydrogen-bond acceptors (Lipinski definition) is 5. The fourth-order valence-electron chi connectivity index (χ4n) is 2.38. The van der Waals surface area contributed by atoms with E-state index >= 15 is 0 Å². The molecule has 0 fully saturated rings. The fraction of sp³-hybridized carbons (Fsp3) is 0.158. The number of amides is 1. The van der Waals surface area contributed by atoms with Gasteiger partial charge in [-0.05, 0) is 31.2 Å². The maximum atomic E-state index is 12.3. The van der Waals surface area contributed by atoms with Gasteiger partial charge < -0.3 is 10.1 Å². The minimum atomic E-state index is -0.691. The van der Waals surface area contributed by atoms with Gasteiger partial charge in [0.15, 0.2) is 6.61 Å². The van der Waals surface area contributed by atoms with E-state index < -0.39 is 18.5 Å². The van der Waals surface area contributed by atoms with Crippen LogP contribution in [0.15, 0.2) is 59.7 Å². The Balaban J connectivity index is 1.57. The SMILES string of the molecule is Cc1ccc(NC(=O)COC(=O)Cn2cnc3ccccc3c2=O)cc1. The number of esters is 1. The van der Waals surface area contributed by atoms with Crippen LogP contribution >= 0.6 is 0 Å². The first-order chi connectivity index (χ1) is 12.5. The van der Waals surface area contributed by atoms with Gasteiger partial charge in [-0.25, -0.2) is 4.98 Å². The Morgan fingerprint density at radius 1 is 1.12 bits per heavy atom. The highest BCUT2D eigenvalue weighted by Crippen LogP contribution is 2.08. The smallest absolute Gasteiger partial charge is 0.326 e. The average Bonchev–Trinajstić information content (AvgIpc) is 2.64. The largest absolute Gasteiger partial charge is 0.454 e. The zero-order valence-corrected chi connectivity index (χ0v) is 14.1. The molecule has 132 valence electrons. The molecule has 0 saturated heterocycles. The number of hydrogen-bond donors (Lipinski definition) is 1. The topological polar surface area (TPSA) is 90.3 Å². The van der Waals surface area contributed by atoms with E-state index in [0.717, 1.165) is 10.1 Å². The van der Waals surface area contributed by atoms with Gasteiger partial charge in [-0.2, -0.15) is 0 Å². The van der Waals surface area contributed by atoms with Crippen molar-refractivity contribution in [2.75, 3.05) is 11.9 Å². The van der Waals surface area contributed by atoms with Gasteiger partial charge in [-0.1, -0.05) is 29.8 Å². The number of carbonyl (C=O) groups excluding carboxylic acids is 2. The molecule has 7 heteroatoms. The molecule has 0 saturated carbocycles. The van der Waals surface area contributed by atoms with Crippen LogP contribution in [0.25, 0.3) is 10.9 Å². The van der Waals surface area contributed by atoms with Gasteiger partial charge in [0, 0.05) is 5.69 Å². The average molecular weight is 351 g/mol. The number of aromatic nitrogens is 2. The van der Waals surface area contributed by atoms with Crippen LogP contribution in [-0.2, 0) is 20.9 Å². The summed E-state index contributed by atoms with van der Waals surface area (Å²) in [5, 5.41) is 3.04. The van der Waals surface area contributed by atoms with Crippen molar-refractivity contribution in [2.24, 2.45) is 0 Å². The summed E-state index contributed by atoms with van der Waals surface area (Å²) in [5.41, 5.74) is 1.91. The molecule has 7 nitrogen and oxygen atoms in total. The third kappa shape index (κ3) is 4.13. The summed E-state index contributed by atoms with van der Waals surface area (Å²) in [6.45, 7) is 1.20. The highest BCUT2D eigenvalue weighted by molar-refractivity contribution is 5.92. The summed E-state index contributed by atoms with van der Waals surface area (Å²) in [4.78, 5) is 40.2. The number of rotatable bonds is 5. The van der Waals surface area contributed by atoms with Crippen molar-refractivity contribution in [1.82, 2.24) is 9.55 Å². The molecule has 1 amide bonds. The molecule has 1 N–H and O–H groups in total. The van der Waals surface area contributed by atoms with Gasteiger partial charge >= 0.3 is 5.97 Å². The highest BCUT2D eigenvalue weighted by atomic mass is 16.5. The zero-order chi connectivity index (χ0) is 18.5. The minimum absolute atomic E-state index is 0.311. The predicted molar refractivity (Wildman–Crippen MR) is 96.8 cm³/mol. The first-order valence-corrected chi connectivity index (χ1v) is 7.99. The van der Waals surface area contributed by atoms with E-state index in [0.29, 0.717) is 16.6 Å². The summed E-state index contributed by atoms with van der Waals surface area (Å²) in [7, 11) is 0.